The molecule has 28 heavy (non-hydrogen) atoms. The van der Waals surface area contributed by atoms with Gasteiger partial charge in [0.15, 0.2) is 0 Å². The van der Waals surface area contributed by atoms with Crippen molar-refractivity contribution in [3.05, 3.63) is 41.9 Å². The van der Waals surface area contributed by atoms with Gasteiger partial charge in [0.2, 0.25) is 5.88 Å². The van der Waals surface area contributed by atoms with Crippen LogP contribution in [0, 0.1) is 6.92 Å². The highest BCUT2D eigenvalue weighted by molar-refractivity contribution is 5.95. The van der Waals surface area contributed by atoms with Gasteiger partial charge in [0.1, 0.15) is 6.10 Å². The van der Waals surface area contributed by atoms with Crippen molar-refractivity contribution in [1.82, 2.24) is 19.7 Å². The van der Waals surface area contributed by atoms with E-state index in [1.807, 2.05) is 47.8 Å². The van der Waals surface area contributed by atoms with Crippen LogP contribution in [0.2, 0.25) is 0 Å². The third kappa shape index (κ3) is 3.28. The standard InChI is InChI=1S/C21H28N4O3/c1-4-24-14-17(15(2)23-24)20(26)25-12-10-21(27-3)9-8-16(13-18(21)25)28-19-7-5-6-11-22-19/h5-7,11,14,16,18H,4,8-10,12-13H2,1-3H3/t16-,18+,21-/m1/s1. The third-order valence-corrected chi connectivity index (χ3v) is 6.23. The first kappa shape index (κ1) is 18.9. The Morgan fingerprint density at radius 1 is 1.36 bits per heavy atom. The fourth-order valence-corrected chi connectivity index (χ4v) is 4.64. The van der Waals surface area contributed by atoms with Crippen LogP contribution in [0.15, 0.2) is 30.6 Å². The van der Waals surface area contributed by atoms with Crippen molar-refractivity contribution in [2.75, 3.05) is 13.7 Å². The molecule has 1 aliphatic carbocycles. The molecule has 7 nitrogen and oxygen atoms in total. The fourth-order valence-electron chi connectivity index (χ4n) is 4.64. The van der Waals surface area contributed by atoms with E-state index in [0.29, 0.717) is 18.0 Å². The van der Waals surface area contributed by atoms with Gasteiger partial charge in [-0.2, -0.15) is 5.10 Å². The van der Waals surface area contributed by atoms with E-state index < -0.39 is 0 Å². The first-order valence-corrected chi connectivity index (χ1v) is 10.0. The topological polar surface area (TPSA) is 69.5 Å². The molecular weight excluding hydrogens is 356 g/mol. The second-order valence-electron chi connectivity index (χ2n) is 7.70. The van der Waals surface area contributed by atoms with E-state index in [1.165, 1.54) is 0 Å². The van der Waals surface area contributed by atoms with Crippen molar-refractivity contribution in [1.29, 1.82) is 0 Å². The summed E-state index contributed by atoms with van der Waals surface area (Å²) in [4.78, 5) is 19.6. The molecule has 2 aromatic heterocycles. The van der Waals surface area contributed by atoms with Crippen LogP contribution in [-0.2, 0) is 11.3 Å². The van der Waals surface area contributed by atoms with E-state index >= 15 is 0 Å². The average molecular weight is 384 g/mol. The molecule has 7 heteroatoms. The average Bonchev–Trinajstić information content (AvgIpc) is 3.29. The van der Waals surface area contributed by atoms with Crippen molar-refractivity contribution in [3.8, 4) is 5.88 Å². The van der Waals surface area contributed by atoms with Crippen LogP contribution in [0.1, 0.15) is 48.7 Å². The number of nitrogens with zero attached hydrogens (tertiary/aromatic N) is 4. The van der Waals surface area contributed by atoms with Gasteiger partial charge in [-0.3, -0.25) is 9.48 Å². The number of methoxy groups -OCH3 is 1. The first-order chi connectivity index (χ1) is 13.6. The molecule has 1 aliphatic heterocycles. The highest BCUT2D eigenvalue weighted by atomic mass is 16.5. The maximum atomic E-state index is 13.3. The van der Waals surface area contributed by atoms with Gasteiger partial charge in [-0.25, -0.2) is 4.98 Å². The molecule has 0 aromatic carbocycles. The van der Waals surface area contributed by atoms with Crippen LogP contribution < -0.4 is 4.74 Å². The summed E-state index contributed by atoms with van der Waals surface area (Å²) in [7, 11) is 1.77. The largest absolute Gasteiger partial charge is 0.474 e. The minimum Gasteiger partial charge on any atom is -0.474 e. The molecule has 1 saturated carbocycles. The van der Waals surface area contributed by atoms with Crippen molar-refractivity contribution >= 4 is 5.91 Å². The number of fused-ring (bicyclic) bond motifs is 1. The number of hydrogen-bond donors (Lipinski definition) is 0. The Labute approximate surface area is 165 Å². The Balaban J connectivity index is 1.55. The van der Waals surface area contributed by atoms with E-state index in [2.05, 4.69) is 10.1 Å². The summed E-state index contributed by atoms with van der Waals surface area (Å²) in [5.74, 6) is 0.674. The molecule has 2 aromatic rings. The molecular formula is C21H28N4O3. The van der Waals surface area contributed by atoms with Gasteiger partial charge in [-0.1, -0.05) is 6.07 Å². The first-order valence-electron chi connectivity index (χ1n) is 10.0. The molecule has 2 fully saturated rings. The normalized spacial score (nSPS) is 26.9. The van der Waals surface area contributed by atoms with E-state index in [1.54, 1.807) is 13.3 Å². The van der Waals surface area contributed by atoms with Gasteiger partial charge in [0, 0.05) is 45.1 Å². The number of rotatable bonds is 5. The highest BCUT2D eigenvalue weighted by Crippen LogP contribution is 2.43. The van der Waals surface area contributed by atoms with Crippen molar-refractivity contribution in [2.45, 2.75) is 63.8 Å². The zero-order chi connectivity index (χ0) is 19.7. The molecule has 0 radical (unpaired) electrons. The Bertz CT molecular complexity index is 837. The zero-order valence-corrected chi connectivity index (χ0v) is 16.8. The SMILES string of the molecule is CCn1cc(C(=O)N2CC[C@]3(OC)CC[C@@H](Oc4ccccn4)C[C@H]23)c(C)n1. The summed E-state index contributed by atoms with van der Waals surface area (Å²) >= 11 is 0. The Morgan fingerprint density at radius 3 is 2.89 bits per heavy atom. The number of aryl methyl sites for hydroxylation is 2. The smallest absolute Gasteiger partial charge is 0.257 e. The monoisotopic (exact) mass is 384 g/mol. The summed E-state index contributed by atoms with van der Waals surface area (Å²) in [6.07, 6.45) is 7.00. The number of aromatic nitrogens is 3. The number of amides is 1. The summed E-state index contributed by atoms with van der Waals surface area (Å²) in [6, 6.07) is 5.67. The van der Waals surface area contributed by atoms with Gasteiger partial charge in [0.25, 0.3) is 5.91 Å². The van der Waals surface area contributed by atoms with Crippen molar-refractivity contribution in [2.24, 2.45) is 0 Å². The number of likely N-dealkylation sites (tertiary alicyclic amines) is 1. The van der Waals surface area contributed by atoms with Crippen LogP contribution in [0.3, 0.4) is 0 Å². The molecule has 1 amide bonds. The number of carbonyl (C=O) groups is 1. The Kier molecular flexibility index (Phi) is 5.10. The molecule has 0 spiro atoms. The van der Waals surface area contributed by atoms with Gasteiger partial charge in [-0.15, -0.1) is 0 Å². The van der Waals surface area contributed by atoms with E-state index in [9.17, 15) is 4.79 Å². The van der Waals surface area contributed by atoms with Gasteiger partial charge in [0.05, 0.1) is 22.9 Å². The number of pyridine rings is 1. The molecule has 150 valence electrons. The lowest BCUT2D eigenvalue weighted by Gasteiger charge is -2.43. The minimum atomic E-state index is -0.283. The van der Waals surface area contributed by atoms with Crippen LogP contribution in [0.4, 0.5) is 0 Å². The lowest BCUT2D eigenvalue weighted by atomic mass is 9.79. The van der Waals surface area contributed by atoms with Crippen LogP contribution in [0.25, 0.3) is 0 Å². The summed E-state index contributed by atoms with van der Waals surface area (Å²) < 4.78 is 13.9. The van der Waals surface area contributed by atoms with Crippen molar-refractivity contribution in [3.63, 3.8) is 0 Å². The van der Waals surface area contributed by atoms with Gasteiger partial charge < -0.3 is 14.4 Å². The minimum absolute atomic E-state index is 0.00293. The van der Waals surface area contributed by atoms with Crippen molar-refractivity contribution < 1.29 is 14.3 Å². The van der Waals surface area contributed by atoms with E-state index in [-0.39, 0.29) is 23.7 Å². The molecule has 2 aliphatic rings. The summed E-state index contributed by atoms with van der Waals surface area (Å²) in [5, 5.41) is 4.44. The van der Waals surface area contributed by atoms with E-state index in [4.69, 9.17) is 9.47 Å². The molecule has 1 saturated heterocycles. The fraction of sp³-hybridized carbons (Fsp3) is 0.571. The van der Waals surface area contributed by atoms with Gasteiger partial charge >= 0.3 is 0 Å². The third-order valence-electron chi connectivity index (χ3n) is 6.23. The molecule has 0 N–H and O–H groups in total. The van der Waals surface area contributed by atoms with Crippen LogP contribution in [-0.4, -0.2) is 57.0 Å². The molecule has 0 unspecified atom stereocenters. The number of carbonyl (C=O) groups excluding carboxylic acids is 1. The predicted molar refractivity (Wildman–Crippen MR) is 104 cm³/mol. The second kappa shape index (κ2) is 7.54. The molecule has 4 rings (SSSR count). The summed E-state index contributed by atoms with van der Waals surface area (Å²) in [6.45, 7) is 5.37. The second-order valence-corrected chi connectivity index (χ2v) is 7.70. The highest BCUT2D eigenvalue weighted by Gasteiger charge is 2.53. The Morgan fingerprint density at radius 2 is 2.21 bits per heavy atom. The summed E-state index contributed by atoms with van der Waals surface area (Å²) in [5.41, 5.74) is 1.18. The zero-order valence-electron chi connectivity index (χ0n) is 16.8. The lowest BCUT2D eigenvalue weighted by molar-refractivity contribution is -0.0788. The van der Waals surface area contributed by atoms with Crippen LogP contribution >= 0.6 is 0 Å². The number of ether oxygens (including phenoxy) is 2. The number of hydrogen-bond acceptors (Lipinski definition) is 5. The maximum Gasteiger partial charge on any atom is 0.257 e. The quantitative estimate of drug-likeness (QED) is 0.793. The molecule has 3 atom stereocenters. The molecule has 3 heterocycles. The van der Waals surface area contributed by atoms with Gasteiger partial charge in [-0.05, 0) is 39.2 Å². The molecule has 0 bridgehead atoms. The predicted octanol–water partition coefficient (Wildman–Crippen LogP) is 2.84. The van der Waals surface area contributed by atoms with E-state index in [0.717, 1.165) is 37.9 Å². The Hall–Kier alpha value is -2.41. The lowest BCUT2D eigenvalue weighted by Crippen LogP contribution is -2.53. The maximum absolute atomic E-state index is 13.3. The van der Waals surface area contributed by atoms with Crippen LogP contribution in [0.5, 0.6) is 5.88 Å².